The van der Waals surface area contributed by atoms with Crippen LogP contribution in [0.15, 0.2) is 47.1 Å². The topological polar surface area (TPSA) is 62.6 Å². The van der Waals surface area contributed by atoms with Crippen molar-refractivity contribution in [1.82, 2.24) is 4.90 Å². The highest BCUT2D eigenvalue weighted by Gasteiger charge is 2.27. The van der Waals surface area contributed by atoms with Gasteiger partial charge in [0.2, 0.25) is 11.8 Å². The van der Waals surface area contributed by atoms with Crippen LogP contribution in [0, 0.1) is 5.92 Å². The molecule has 5 heteroatoms. The molecule has 0 saturated heterocycles. The third-order valence-corrected chi connectivity index (χ3v) is 4.75. The average Bonchev–Trinajstić information content (AvgIpc) is 3.12. The molecule has 1 aromatic carbocycles. The number of hydrogen-bond acceptors (Lipinski definition) is 3. The summed E-state index contributed by atoms with van der Waals surface area (Å²) in [5, 5.41) is 2.93. The van der Waals surface area contributed by atoms with E-state index in [1.165, 1.54) is 0 Å². The lowest BCUT2D eigenvalue weighted by Gasteiger charge is -2.26. The number of nitrogens with one attached hydrogen (secondary N) is 1. The van der Waals surface area contributed by atoms with Gasteiger partial charge in [0.15, 0.2) is 0 Å². The predicted molar refractivity (Wildman–Crippen MR) is 91.4 cm³/mol. The Bertz CT molecular complexity index is 724. The standard InChI is InChI=1S/C19H22N2O3/c1-13(17-8-5-11-24-17)21(2)18(22)10-9-15-12-14-6-3-4-7-16(14)20-19(15)23/h3-8,11,13,15H,9-10,12H2,1-2H3,(H,20,23). The van der Waals surface area contributed by atoms with Crippen LogP contribution in [0.5, 0.6) is 0 Å². The zero-order valence-corrected chi connectivity index (χ0v) is 14.0. The lowest BCUT2D eigenvalue weighted by Crippen LogP contribution is -2.33. The van der Waals surface area contributed by atoms with Crippen molar-refractivity contribution in [3.05, 3.63) is 54.0 Å². The van der Waals surface area contributed by atoms with E-state index in [4.69, 9.17) is 4.42 Å². The summed E-state index contributed by atoms with van der Waals surface area (Å²) in [4.78, 5) is 26.3. The number of fused-ring (bicyclic) bond motifs is 1. The minimum atomic E-state index is -0.156. The molecule has 0 bridgehead atoms. The molecule has 0 saturated carbocycles. The Balaban J connectivity index is 1.57. The zero-order chi connectivity index (χ0) is 17.1. The molecule has 2 aromatic rings. The maximum atomic E-state index is 12.4. The van der Waals surface area contributed by atoms with Crippen LogP contribution >= 0.6 is 0 Å². The van der Waals surface area contributed by atoms with Crippen LogP contribution in [0.25, 0.3) is 0 Å². The molecule has 0 fully saturated rings. The van der Waals surface area contributed by atoms with Gasteiger partial charge >= 0.3 is 0 Å². The number of hydrogen-bond donors (Lipinski definition) is 1. The number of furan rings is 1. The van der Waals surface area contributed by atoms with Gasteiger partial charge in [0.05, 0.1) is 12.3 Å². The molecular weight excluding hydrogens is 304 g/mol. The first-order valence-electron chi connectivity index (χ1n) is 8.24. The second-order valence-corrected chi connectivity index (χ2v) is 6.28. The Labute approximate surface area is 141 Å². The highest BCUT2D eigenvalue weighted by Crippen LogP contribution is 2.28. The van der Waals surface area contributed by atoms with E-state index in [9.17, 15) is 9.59 Å². The van der Waals surface area contributed by atoms with Gasteiger partial charge in [-0.1, -0.05) is 18.2 Å². The van der Waals surface area contributed by atoms with E-state index in [0.717, 1.165) is 17.0 Å². The van der Waals surface area contributed by atoms with Gasteiger partial charge in [-0.2, -0.15) is 0 Å². The van der Waals surface area contributed by atoms with Gasteiger partial charge in [-0.3, -0.25) is 9.59 Å². The number of carbonyl (C=O) groups excluding carboxylic acids is 2. The molecule has 0 aliphatic carbocycles. The van der Waals surface area contributed by atoms with E-state index in [2.05, 4.69) is 5.32 Å². The van der Waals surface area contributed by atoms with Crippen LogP contribution in [0.1, 0.15) is 37.1 Å². The predicted octanol–water partition coefficient (Wildman–Crippen LogP) is 3.39. The summed E-state index contributed by atoms with van der Waals surface area (Å²) in [5.74, 6) is 0.625. The minimum absolute atomic E-state index is 0.00300. The van der Waals surface area contributed by atoms with Crippen molar-refractivity contribution in [2.24, 2.45) is 5.92 Å². The van der Waals surface area contributed by atoms with Crippen molar-refractivity contribution in [2.45, 2.75) is 32.2 Å². The first-order chi connectivity index (χ1) is 11.6. The molecule has 126 valence electrons. The second-order valence-electron chi connectivity index (χ2n) is 6.28. The summed E-state index contributed by atoms with van der Waals surface area (Å²) in [6.07, 6.45) is 3.19. The van der Waals surface area contributed by atoms with E-state index in [1.54, 1.807) is 18.2 Å². The molecule has 1 aliphatic heterocycles. The van der Waals surface area contributed by atoms with Crippen molar-refractivity contribution in [1.29, 1.82) is 0 Å². The number of amides is 2. The third kappa shape index (κ3) is 3.35. The molecule has 1 aromatic heterocycles. The number of anilines is 1. The van der Waals surface area contributed by atoms with Crippen molar-refractivity contribution < 1.29 is 14.0 Å². The summed E-state index contributed by atoms with van der Waals surface area (Å²) in [6.45, 7) is 1.93. The summed E-state index contributed by atoms with van der Waals surface area (Å²) in [5.41, 5.74) is 2.01. The number of carbonyl (C=O) groups is 2. The quantitative estimate of drug-likeness (QED) is 0.916. The molecule has 0 radical (unpaired) electrons. The normalized spacial score (nSPS) is 17.8. The number of rotatable bonds is 5. The molecule has 2 amide bonds. The van der Waals surface area contributed by atoms with Crippen LogP contribution in [-0.4, -0.2) is 23.8 Å². The maximum Gasteiger partial charge on any atom is 0.227 e. The summed E-state index contributed by atoms with van der Waals surface area (Å²) >= 11 is 0. The van der Waals surface area contributed by atoms with E-state index in [1.807, 2.05) is 43.3 Å². The van der Waals surface area contributed by atoms with E-state index >= 15 is 0 Å². The van der Waals surface area contributed by atoms with Gasteiger partial charge in [-0.25, -0.2) is 0 Å². The van der Waals surface area contributed by atoms with Crippen molar-refractivity contribution in [3.8, 4) is 0 Å². The second kappa shape index (κ2) is 6.91. The molecule has 2 unspecified atom stereocenters. The monoisotopic (exact) mass is 326 g/mol. The molecule has 1 N–H and O–H groups in total. The van der Waals surface area contributed by atoms with E-state index in [0.29, 0.717) is 19.3 Å². The van der Waals surface area contributed by atoms with Crippen LogP contribution in [0.4, 0.5) is 5.69 Å². The van der Waals surface area contributed by atoms with Crippen molar-refractivity contribution in [2.75, 3.05) is 12.4 Å². The lowest BCUT2D eigenvalue weighted by molar-refractivity contribution is -0.132. The highest BCUT2D eigenvalue weighted by molar-refractivity contribution is 5.96. The van der Waals surface area contributed by atoms with Gasteiger partial charge in [-0.15, -0.1) is 0 Å². The first-order valence-corrected chi connectivity index (χ1v) is 8.24. The van der Waals surface area contributed by atoms with Crippen molar-refractivity contribution >= 4 is 17.5 Å². The summed E-state index contributed by atoms with van der Waals surface area (Å²) in [7, 11) is 1.77. The molecule has 2 atom stereocenters. The number of benzene rings is 1. The lowest BCUT2D eigenvalue weighted by atomic mass is 9.89. The van der Waals surface area contributed by atoms with Crippen LogP contribution in [0.3, 0.4) is 0 Å². The third-order valence-electron chi connectivity index (χ3n) is 4.75. The van der Waals surface area contributed by atoms with Gasteiger partial charge in [0.1, 0.15) is 5.76 Å². The summed E-state index contributed by atoms with van der Waals surface area (Å²) in [6, 6.07) is 11.4. The van der Waals surface area contributed by atoms with Gasteiger partial charge < -0.3 is 14.6 Å². The highest BCUT2D eigenvalue weighted by atomic mass is 16.3. The SMILES string of the molecule is CC(c1ccco1)N(C)C(=O)CCC1Cc2ccccc2NC1=O. The number of nitrogens with zero attached hydrogens (tertiary/aromatic N) is 1. The fourth-order valence-corrected chi connectivity index (χ4v) is 3.06. The van der Waals surface area contributed by atoms with Gasteiger partial charge in [0, 0.05) is 25.1 Å². The molecule has 0 spiro atoms. The fraction of sp³-hybridized carbons (Fsp3) is 0.368. The minimum Gasteiger partial charge on any atom is -0.467 e. The largest absolute Gasteiger partial charge is 0.467 e. The molecule has 24 heavy (non-hydrogen) atoms. The van der Waals surface area contributed by atoms with Crippen LogP contribution in [-0.2, 0) is 16.0 Å². The van der Waals surface area contributed by atoms with E-state index < -0.39 is 0 Å². The van der Waals surface area contributed by atoms with Crippen molar-refractivity contribution in [3.63, 3.8) is 0 Å². The Morgan fingerprint density at radius 3 is 2.88 bits per heavy atom. The molecule has 2 heterocycles. The van der Waals surface area contributed by atoms with E-state index in [-0.39, 0.29) is 23.8 Å². The smallest absolute Gasteiger partial charge is 0.227 e. The van der Waals surface area contributed by atoms with Gasteiger partial charge in [0.25, 0.3) is 0 Å². The Morgan fingerprint density at radius 1 is 1.33 bits per heavy atom. The molecular formula is C19H22N2O3. The Hall–Kier alpha value is -2.56. The molecule has 5 nitrogen and oxygen atoms in total. The average molecular weight is 326 g/mol. The van der Waals surface area contributed by atoms with Crippen LogP contribution < -0.4 is 5.32 Å². The van der Waals surface area contributed by atoms with Gasteiger partial charge in [-0.05, 0) is 43.5 Å². The molecule has 1 aliphatic rings. The Kier molecular flexibility index (Phi) is 4.69. The molecule has 3 rings (SSSR count). The maximum absolute atomic E-state index is 12.4. The zero-order valence-electron chi connectivity index (χ0n) is 14.0. The van der Waals surface area contributed by atoms with Crippen LogP contribution in [0.2, 0.25) is 0 Å². The Morgan fingerprint density at radius 2 is 2.12 bits per heavy atom. The fourth-order valence-electron chi connectivity index (χ4n) is 3.06. The summed E-state index contributed by atoms with van der Waals surface area (Å²) < 4.78 is 5.36. The first kappa shape index (κ1) is 16.3. The number of para-hydroxylation sites is 1.